The van der Waals surface area contributed by atoms with Crippen LogP contribution in [0, 0.1) is 17.6 Å². The number of hydrogen-bond acceptors (Lipinski definition) is 9. The van der Waals surface area contributed by atoms with Crippen LogP contribution in [0.2, 0.25) is 0 Å². The maximum absolute atomic E-state index is 14.6. The van der Waals surface area contributed by atoms with Gasteiger partial charge in [0.05, 0.1) is 36.1 Å². The van der Waals surface area contributed by atoms with Crippen molar-refractivity contribution < 1.29 is 45.9 Å². The zero-order valence-electron chi connectivity index (χ0n) is 26.0. The molecule has 0 aliphatic carbocycles. The van der Waals surface area contributed by atoms with Gasteiger partial charge in [-0.1, -0.05) is 6.07 Å². The minimum Gasteiger partial charge on any atom is -0.494 e. The number of likely N-dealkylation sites (tertiary alicyclic amines) is 1. The largest absolute Gasteiger partial charge is 0.494 e. The number of rotatable bonds is 11. The molecule has 0 unspecified atom stereocenters. The zero-order valence-corrected chi connectivity index (χ0v) is 26.8. The van der Waals surface area contributed by atoms with Crippen molar-refractivity contribution in [1.82, 2.24) is 4.90 Å². The van der Waals surface area contributed by atoms with Crippen LogP contribution in [0.3, 0.4) is 0 Å². The molecule has 3 amide bonds. The van der Waals surface area contributed by atoms with E-state index in [1.54, 1.807) is 6.92 Å². The van der Waals surface area contributed by atoms with Crippen molar-refractivity contribution in [3.8, 4) is 5.75 Å². The molecule has 0 bridgehead atoms. The van der Waals surface area contributed by atoms with Crippen molar-refractivity contribution in [3.63, 3.8) is 0 Å². The van der Waals surface area contributed by atoms with Crippen molar-refractivity contribution in [2.45, 2.75) is 37.2 Å². The van der Waals surface area contributed by atoms with Gasteiger partial charge in [-0.25, -0.2) is 17.2 Å². The molecule has 1 saturated heterocycles. The molecule has 1 aliphatic rings. The average molecular weight is 673 g/mol. The van der Waals surface area contributed by atoms with E-state index in [1.807, 2.05) is 0 Å². The van der Waals surface area contributed by atoms with Gasteiger partial charge in [-0.15, -0.1) is 0 Å². The molecular weight excluding hydrogens is 638 g/mol. The molecule has 4 N–H and O–H groups in total. The predicted octanol–water partition coefficient (Wildman–Crippen LogP) is 3.74. The van der Waals surface area contributed by atoms with E-state index in [0.717, 1.165) is 24.5 Å². The van der Waals surface area contributed by atoms with E-state index in [-0.39, 0.29) is 52.7 Å². The highest BCUT2D eigenvalue weighted by Gasteiger charge is 2.46. The number of nitrogens with two attached hydrogens (primary N) is 1. The molecule has 1 aliphatic heterocycles. The number of sulfone groups is 1. The third-order valence-electron chi connectivity index (χ3n) is 7.62. The summed E-state index contributed by atoms with van der Waals surface area (Å²) < 4.78 is 65.2. The van der Waals surface area contributed by atoms with E-state index in [4.69, 9.17) is 15.2 Å². The number of methoxy groups -OCH3 is 1. The van der Waals surface area contributed by atoms with E-state index in [1.165, 1.54) is 55.3 Å². The summed E-state index contributed by atoms with van der Waals surface area (Å²) in [4.78, 5) is 52.8. The van der Waals surface area contributed by atoms with Crippen molar-refractivity contribution >= 4 is 44.9 Å². The van der Waals surface area contributed by atoms with Gasteiger partial charge in [-0.2, -0.15) is 0 Å². The highest BCUT2D eigenvalue weighted by atomic mass is 32.2. The van der Waals surface area contributed by atoms with Crippen molar-refractivity contribution in [2.75, 3.05) is 37.2 Å². The number of amides is 3. The molecule has 3 aromatic rings. The zero-order chi connectivity index (χ0) is 34.6. The lowest BCUT2D eigenvalue weighted by molar-refractivity contribution is -0.149. The molecule has 3 atom stereocenters. The van der Waals surface area contributed by atoms with Crippen LogP contribution in [0.4, 0.5) is 20.2 Å². The Morgan fingerprint density at radius 2 is 1.70 bits per heavy atom. The number of nitrogens with zero attached hydrogens (tertiary/aromatic N) is 1. The third kappa shape index (κ3) is 7.68. The van der Waals surface area contributed by atoms with Crippen LogP contribution < -0.4 is 21.1 Å². The number of anilines is 2. The Bertz CT molecular complexity index is 1840. The monoisotopic (exact) mass is 672 g/mol. The number of esters is 1. The van der Waals surface area contributed by atoms with Gasteiger partial charge in [0.25, 0.3) is 5.91 Å². The van der Waals surface area contributed by atoms with Gasteiger partial charge < -0.3 is 30.7 Å². The first-order chi connectivity index (χ1) is 22.2. The molecule has 0 saturated carbocycles. The lowest BCUT2D eigenvalue weighted by Crippen LogP contribution is -2.40. The van der Waals surface area contributed by atoms with Gasteiger partial charge in [0.1, 0.15) is 11.9 Å². The van der Waals surface area contributed by atoms with Gasteiger partial charge in [0.15, 0.2) is 21.4 Å². The van der Waals surface area contributed by atoms with Gasteiger partial charge in [0, 0.05) is 31.1 Å². The fourth-order valence-corrected chi connectivity index (χ4v) is 6.52. The summed E-state index contributed by atoms with van der Waals surface area (Å²) in [7, 11) is -2.70. The maximum Gasteiger partial charge on any atom is 0.311 e. The summed E-state index contributed by atoms with van der Waals surface area (Å²) in [6.45, 7) is 2.86. The molecule has 1 fully saturated rings. The van der Waals surface area contributed by atoms with Crippen LogP contribution in [0.5, 0.6) is 5.75 Å². The van der Waals surface area contributed by atoms with E-state index in [9.17, 15) is 36.4 Å². The smallest absolute Gasteiger partial charge is 0.311 e. The Kier molecular flexibility index (Phi) is 10.5. The summed E-state index contributed by atoms with van der Waals surface area (Å²) in [5.41, 5.74) is 5.45. The Morgan fingerprint density at radius 1 is 1.02 bits per heavy atom. The van der Waals surface area contributed by atoms with Gasteiger partial charge >= 0.3 is 5.97 Å². The lowest BCUT2D eigenvalue weighted by atomic mass is 9.92. The fraction of sp³-hybridized carbons (Fsp3) is 0.312. The topological polar surface area (TPSA) is 174 Å². The molecular formula is C32H34F2N4O8S. The molecule has 0 radical (unpaired) electrons. The summed E-state index contributed by atoms with van der Waals surface area (Å²) >= 11 is 0. The van der Waals surface area contributed by atoms with Crippen molar-refractivity contribution in [2.24, 2.45) is 11.7 Å². The Hall–Kier alpha value is -5.05. The normalized spacial score (nSPS) is 16.7. The van der Waals surface area contributed by atoms with Crippen molar-refractivity contribution in [1.29, 1.82) is 0 Å². The van der Waals surface area contributed by atoms with Gasteiger partial charge in [0.2, 0.25) is 11.8 Å². The quantitative estimate of drug-likeness (QED) is 0.257. The van der Waals surface area contributed by atoms with E-state index < -0.39 is 68.7 Å². The molecule has 0 spiro atoms. The standard InChI is InChI=1S/C32H34F2N4O8S/c1-5-46-32(42)21-12-13-38(29(21)23-16-19(36-17(2)39)8-11-27(23)47(4,43)44)31(41)28(18-6-9-25(34)26(14-18)45-3)37-20-7-10-24(33)22(15-20)30(35)40/h6-11,14-16,21,28-29,37H,5,12-13H2,1-4H3,(H2,35,40)(H,36,39)/t21-,28-,29+/m0/s1. The number of primary amides is 1. The molecule has 47 heavy (non-hydrogen) atoms. The second kappa shape index (κ2) is 14.2. The first-order valence-electron chi connectivity index (χ1n) is 14.4. The van der Waals surface area contributed by atoms with Gasteiger partial charge in [-0.05, 0) is 73.0 Å². The first-order valence-corrected chi connectivity index (χ1v) is 16.3. The van der Waals surface area contributed by atoms with E-state index in [2.05, 4.69) is 10.6 Å². The Balaban J connectivity index is 1.91. The summed E-state index contributed by atoms with van der Waals surface area (Å²) in [6, 6.07) is 8.54. The molecule has 250 valence electrons. The molecule has 0 aromatic heterocycles. The fourth-order valence-electron chi connectivity index (χ4n) is 5.60. The SMILES string of the molecule is CCOC(=O)[C@H]1CCN(C(=O)[C@@H](Nc2ccc(F)c(C(N)=O)c2)c2ccc(F)c(OC)c2)[C@H]1c1cc(NC(C)=O)ccc1S(C)(=O)=O. The summed E-state index contributed by atoms with van der Waals surface area (Å²) in [5, 5.41) is 5.55. The number of ether oxygens (including phenoxy) is 2. The van der Waals surface area contributed by atoms with Crippen LogP contribution in [0.15, 0.2) is 59.5 Å². The minimum atomic E-state index is -3.93. The van der Waals surface area contributed by atoms with Crippen LogP contribution in [0.1, 0.15) is 53.8 Å². The van der Waals surface area contributed by atoms with Crippen molar-refractivity contribution in [3.05, 3.63) is 82.9 Å². The van der Waals surface area contributed by atoms with Crippen LogP contribution in [-0.2, 0) is 29.0 Å². The Morgan fingerprint density at radius 3 is 2.32 bits per heavy atom. The third-order valence-corrected chi connectivity index (χ3v) is 8.79. The van der Waals surface area contributed by atoms with Crippen LogP contribution in [0.25, 0.3) is 0 Å². The molecule has 4 rings (SSSR count). The van der Waals surface area contributed by atoms with Crippen LogP contribution in [-0.4, -0.2) is 63.5 Å². The number of hydrogen-bond donors (Lipinski definition) is 3. The number of carbonyl (C=O) groups is 4. The maximum atomic E-state index is 14.6. The molecule has 1 heterocycles. The molecule has 15 heteroatoms. The molecule has 3 aromatic carbocycles. The van der Waals surface area contributed by atoms with Crippen LogP contribution >= 0.6 is 0 Å². The first kappa shape index (κ1) is 34.8. The number of nitrogens with one attached hydrogen (secondary N) is 2. The summed E-state index contributed by atoms with van der Waals surface area (Å²) in [6.07, 6.45) is 1.06. The number of benzene rings is 3. The second-order valence-corrected chi connectivity index (χ2v) is 12.8. The summed E-state index contributed by atoms with van der Waals surface area (Å²) in [5.74, 6) is -5.66. The lowest BCUT2D eigenvalue weighted by Gasteiger charge is -2.33. The molecule has 12 nitrogen and oxygen atoms in total. The minimum absolute atomic E-state index is 0.0210. The van der Waals surface area contributed by atoms with E-state index in [0.29, 0.717) is 0 Å². The number of carbonyl (C=O) groups excluding carboxylic acids is 4. The van der Waals surface area contributed by atoms with Gasteiger partial charge in [-0.3, -0.25) is 19.2 Å². The Labute approximate surface area is 270 Å². The highest BCUT2D eigenvalue weighted by molar-refractivity contribution is 7.90. The average Bonchev–Trinajstić information content (AvgIpc) is 3.45. The highest BCUT2D eigenvalue weighted by Crippen LogP contribution is 2.43. The predicted molar refractivity (Wildman–Crippen MR) is 167 cm³/mol. The second-order valence-electron chi connectivity index (χ2n) is 10.9. The number of halogens is 2. The van der Waals surface area contributed by atoms with E-state index >= 15 is 0 Å².